The van der Waals surface area contributed by atoms with E-state index < -0.39 is 0 Å². The van der Waals surface area contributed by atoms with Gasteiger partial charge >= 0.3 is 0 Å². The van der Waals surface area contributed by atoms with Crippen LogP contribution in [0.2, 0.25) is 0 Å². The molecule has 0 bridgehead atoms. The number of halogens is 1. The molecular weight excluding hydrogens is 194 g/mol. The molecule has 0 fully saturated rings. The van der Waals surface area contributed by atoms with Gasteiger partial charge in [-0.05, 0) is 18.6 Å². The van der Waals surface area contributed by atoms with Gasteiger partial charge in [-0.3, -0.25) is 0 Å². The van der Waals surface area contributed by atoms with E-state index in [9.17, 15) is 0 Å². The summed E-state index contributed by atoms with van der Waals surface area (Å²) in [6.07, 6.45) is 0. The first-order chi connectivity index (χ1) is 6.41. The van der Waals surface area contributed by atoms with Crippen molar-refractivity contribution in [3.8, 4) is 0 Å². The summed E-state index contributed by atoms with van der Waals surface area (Å²) in [6, 6.07) is 7.98. The summed E-state index contributed by atoms with van der Waals surface area (Å²) in [5.41, 5.74) is 2.02. The van der Waals surface area contributed by atoms with Crippen LogP contribution >= 0.6 is 11.6 Å². The molecular formula is C12H16ClN. The van der Waals surface area contributed by atoms with Crippen LogP contribution in [0, 0.1) is 12.3 Å². The van der Waals surface area contributed by atoms with Gasteiger partial charge < -0.3 is 0 Å². The quantitative estimate of drug-likeness (QED) is 0.612. The van der Waals surface area contributed by atoms with Gasteiger partial charge in [0.15, 0.2) is 0 Å². The highest BCUT2D eigenvalue weighted by atomic mass is 35.5. The Balaban J connectivity index is 3.04. The van der Waals surface area contributed by atoms with Gasteiger partial charge in [0.25, 0.3) is 0 Å². The molecule has 0 N–H and O–H groups in total. The molecule has 1 aromatic carbocycles. The first-order valence-corrected chi connectivity index (χ1v) is 5.09. The molecule has 0 amide bonds. The fraction of sp³-hybridized carbons (Fsp3) is 0.417. The van der Waals surface area contributed by atoms with Gasteiger partial charge in [-0.2, -0.15) is 0 Å². The summed E-state index contributed by atoms with van der Waals surface area (Å²) in [7, 11) is 0. The van der Waals surface area contributed by atoms with Crippen molar-refractivity contribution in [1.29, 1.82) is 0 Å². The normalized spacial score (nSPS) is 13.1. The molecule has 0 aromatic heterocycles. The van der Waals surface area contributed by atoms with Gasteiger partial charge in [-0.25, -0.2) is 4.99 Å². The van der Waals surface area contributed by atoms with E-state index in [1.54, 1.807) is 0 Å². The second kappa shape index (κ2) is 4.14. The third-order valence-electron chi connectivity index (χ3n) is 1.95. The van der Waals surface area contributed by atoms with Crippen LogP contribution in [0.1, 0.15) is 26.3 Å². The van der Waals surface area contributed by atoms with Crippen LogP contribution in [-0.2, 0) is 0 Å². The second-order valence-corrected chi connectivity index (χ2v) is 4.80. The van der Waals surface area contributed by atoms with Crippen molar-refractivity contribution in [2.45, 2.75) is 27.7 Å². The van der Waals surface area contributed by atoms with Gasteiger partial charge in [0.1, 0.15) is 5.17 Å². The zero-order valence-electron chi connectivity index (χ0n) is 9.13. The SMILES string of the molecule is Cc1ccccc1N=C(Cl)C(C)(C)C. The molecule has 0 atom stereocenters. The molecule has 1 aromatic rings. The Kier molecular flexibility index (Phi) is 3.33. The minimum atomic E-state index is -0.0795. The number of hydrogen-bond acceptors (Lipinski definition) is 1. The Morgan fingerprint density at radius 3 is 2.29 bits per heavy atom. The third kappa shape index (κ3) is 2.85. The fourth-order valence-electron chi connectivity index (χ4n) is 0.962. The standard InChI is InChI=1S/C12H16ClN/c1-9-7-5-6-8-10(9)14-11(13)12(2,3)4/h5-8H,1-4H3. The van der Waals surface area contributed by atoms with Crippen LogP contribution in [-0.4, -0.2) is 5.17 Å². The highest BCUT2D eigenvalue weighted by Gasteiger charge is 2.16. The summed E-state index contributed by atoms with van der Waals surface area (Å²) in [6.45, 7) is 8.19. The average Bonchev–Trinajstić information content (AvgIpc) is 2.07. The van der Waals surface area contributed by atoms with Crippen molar-refractivity contribution in [3.05, 3.63) is 29.8 Å². The lowest BCUT2D eigenvalue weighted by atomic mass is 9.98. The molecule has 2 heteroatoms. The molecule has 0 saturated heterocycles. The molecule has 0 unspecified atom stereocenters. The van der Waals surface area contributed by atoms with Crippen LogP contribution in [0.5, 0.6) is 0 Å². The minimum Gasteiger partial charge on any atom is -0.240 e. The number of rotatable bonds is 1. The number of aliphatic imine (C=N–C) groups is 1. The monoisotopic (exact) mass is 209 g/mol. The second-order valence-electron chi connectivity index (χ2n) is 4.44. The lowest BCUT2D eigenvalue weighted by Gasteiger charge is -2.15. The number of para-hydroxylation sites is 1. The topological polar surface area (TPSA) is 12.4 Å². The first kappa shape index (κ1) is 11.3. The Morgan fingerprint density at radius 2 is 1.79 bits per heavy atom. The summed E-state index contributed by atoms with van der Waals surface area (Å²) in [4.78, 5) is 4.41. The van der Waals surface area contributed by atoms with Crippen molar-refractivity contribution in [1.82, 2.24) is 0 Å². The van der Waals surface area contributed by atoms with E-state index in [4.69, 9.17) is 11.6 Å². The molecule has 14 heavy (non-hydrogen) atoms. The average molecular weight is 210 g/mol. The highest BCUT2D eigenvalue weighted by molar-refractivity contribution is 6.66. The van der Waals surface area contributed by atoms with Crippen LogP contribution in [0.15, 0.2) is 29.3 Å². The van der Waals surface area contributed by atoms with E-state index in [0.29, 0.717) is 5.17 Å². The lowest BCUT2D eigenvalue weighted by molar-refractivity contribution is 0.601. The Bertz CT molecular complexity index is 348. The predicted octanol–water partition coefficient (Wildman–Crippen LogP) is 4.31. The van der Waals surface area contributed by atoms with Crippen molar-refractivity contribution < 1.29 is 0 Å². The molecule has 76 valence electrons. The zero-order valence-corrected chi connectivity index (χ0v) is 9.89. The molecule has 0 radical (unpaired) electrons. The van der Waals surface area contributed by atoms with E-state index >= 15 is 0 Å². The molecule has 1 rings (SSSR count). The number of hydrogen-bond donors (Lipinski definition) is 0. The van der Waals surface area contributed by atoms with E-state index in [2.05, 4.69) is 25.8 Å². The van der Waals surface area contributed by atoms with Gasteiger partial charge in [-0.1, -0.05) is 50.6 Å². The third-order valence-corrected chi connectivity index (χ3v) is 2.60. The molecule has 0 aliphatic carbocycles. The Hall–Kier alpha value is -0.820. The molecule has 0 heterocycles. The highest BCUT2D eigenvalue weighted by Crippen LogP contribution is 2.25. The molecule has 0 aliphatic heterocycles. The van der Waals surface area contributed by atoms with E-state index in [-0.39, 0.29) is 5.41 Å². The summed E-state index contributed by atoms with van der Waals surface area (Å²) < 4.78 is 0. The van der Waals surface area contributed by atoms with Crippen LogP contribution < -0.4 is 0 Å². The predicted molar refractivity (Wildman–Crippen MR) is 63.6 cm³/mol. The molecule has 0 spiro atoms. The Morgan fingerprint density at radius 1 is 1.21 bits per heavy atom. The molecule has 0 saturated carbocycles. The van der Waals surface area contributed by atoms with E-state index in [1.807, 2.05) is 31.2 Å². The minimum absolute atomic E-state index is 0.0795. The number of aryl methyl sites for hydroxylation is 1. The van der Waals surface area contributed by atoms with Gasteiger partial charge in [0, 0.05) is 5.41 Å². The molecule has 0 aliphatic rings. The van der Waals surface area contributed by atoms with E-state index in [0.717, 1.165) is 11.3 Å². The van der Waals surface area contributed by atoms with Crippen molar-refractivity contribution in [3.63, 3.8) is 0 Å². The fourth-order valence-corrected chi connectivity index (χ4v) is 1.05. The van der Waals surface area contributed by atoms with Crippen molar-refractivity contribution in [2.75, 3.05) is 0 Å². The maximum Gasteiger partial charge on any atom is 0.112 e. The van der Waals surface area contributed by atoms with Gasteiger partial charge in [0.05, 0.1) is 5.69 Å². The summed E-state index contributed by atoms with van der Waals surface area (Å²) >= 11 is 6.11. The zero-order chi connectivity index (χ0) is 10.8. The lowest BCUT2D eigenvalue weighted by Crippen LogP contribution is -2.13. The Labute approximate surface area is 90.8 Å². The van der Waals surface area contributed by atoms with E-state index in [1.165, 1.54) is 0 Å². The first-order valence-electron chi connectivity index (χ1n) is 4.71. The molecule has 1 nitrogen and oxygen atoms in total. The van der Waals surface area contributed by atoms with Gasteiger partial charge in [-0.15, -0.1) is 0 Å². The van der Waals surface area contributed by atoms with Crippen molar-refractivity contribution >= 4 is 22.5 Å². The maximum atomic E-state index is 6.11. The summed E-state index contributed by atoms with van der Waals surface area (Å²) in [5.74, 6) is 0. The van der Waals surface area contributed by atoms with Crippen LogP contribution in [0.25, 0.3) is 0 Å². The van der Waals surface area contributed by atoms with Gasteiger partial charge in [0.2, 0.25) is 0 Å². The largest absolute Gasteiger partial charge is 0.240 e. The number of nitrogens with zero attached hydrogens (tertiary/aromatic N) is 1. The summed E-state index contributed by atoms with van der Waals surface area (Å²) in [5, 5.41) is 0.645. The maximum absolute atomic E-state index is 6.11. The van der Waals surface area contributed by atoms with Crippen LogP contribution in [0.4, 0.5) is 5.69 Å². The number of benzene rings is 1. The smallest absolute Gasteiger partial charge is 0.112 e. The van der Waals surface area contributed by atoms with Crippen molar-refractivity contribution in [2.24, 2.45) is 10.4 Å². The van der Waals surface area contributed by atoms with Crippen LogP contribution in [0.3, 0.4) is 0 Å².